The summed E-state index contributed by atoms with van der Waals surface area (Å²) in [6.45, 7) is 12.3. The molecule has 0 aromatic rings. The molecule has 0 aliphatic heterocycles. The van der Waals surface area contributed by atoms with Gasteiger partial charge in [-0.25, -0.2) is 0 Å². The normalized spacial score (nSPS) is 12.5. The molecule has 0 atom stereocenters. The van der Waals surface area contributed by atoms with E-state index in [9.17, 15) is 0 Å². The maximum Gasteiger partial charge on any atom is 0.0809 e. The summed E-state index contributed by atoms with van der Waals surface area (Å²) in [4.78, 5) is 7.68. The molecule has 0 spiro atoms. The lowest BCUT2D eigenvalue weighted by Crippen LogP contribution is -1.83. The van der Waals surface area contributed by atoms with Crippen molar-refractivity contribution >= 4 is 12.4 Å². The molecule has 0 aromatic heterocycles. The van der Waals surface area contributed by atoms with E-state index in [2.05, 4.69) is 29.9 Å². The van der Waals surface area contributed by atoms with Crippen molar-refractivity contribution in [1.82, 2.24) is 0 Å². The second-order valence-electron chi connectivity index (χ2n) is 1.90. The zero-order chi connectivity index (χ0) is 8.69. The van der Waals surface area contributed by atoms with Gasteiger partial charge in [0.1, 0.15) is 0 Å². The average Bonchev–Trinajstić information content (AvgIpc) is 2.03. The van der Waals surface area contributed by atoms with Gasteiger partial charge in [0.05, 0.1) is 11.9 Å². The summed E-state index contributed by atoms with van der Waals surface area (Å²) in [5, 5.41) is 0. The van der Waals surface area contributed by atoms with Crippen molar-refractivity contribution in [3.8, 4) is 0 Å². The molecule has 0 amide bonds. The van der Waals surface area contributed by atoms with Crippen LogP contribution in [0.25, 0.3) is 0 Å². The maximum absolute atomic E-state index is 4.11. The van der Waals surface area contributed by atoms with Gasteiger partial charge in [-0.3, -0.25) is 9.98 Å². The minimum Gasteiger partial charge on any atom is -0.270 e. The summed E-state index contributed by atoms with van der Waals surface area (Å²) in [6, 6.07) is 0. The number of nitrogens with zero attached hydrogens (tertiary/aromatic N) is 2. The van der Waals surface area contributed by atoms with Crippen molar-refractivity contribution in [2.45, 2.75) is 6.92 Å². The number of hydrogen-bond donors (Lipinski definition) is 0. The van der Waals surface area contributed by atoms with Gasteiger partial charge < -0.3 is 0 Å². The number of aliphatic imine (C=N–C) groups is 2. The Hall–Kier alpha value is -1.44. The van der Waals surface area contributed by atoms with Crippen molar-refractivity contribution in [1.29, 1.82) is 0 Å². The Morgan fingerprint density at radius 1 is 1.27 bits per heavy atom. The van der Waals surface area contributed by atoms with Gasteiger partial charge >= 0.3 is 0 Å². The van der Waals surface area contributed by atoms with E-state index >= 15 is 0 Å². The standard InChI is InChI=1S/C9H12N2/c1-5-8(3)11-9(6-2)7-10-4/h5-7H,1-2,4H2,3H3/b9-7-,11-8?. The maximum atomic E-state index is 4.11. The lowest BCUT2D eigenvalue weighted by Gasteiger charge is -1.91. The third kappa shape index (κ3) is 4.03. The summed E-state index contributed by atoms with van der Waals surface area (Å²) >= 11 is 0. The molecule has 11 heavy (non-hydrogen) atoms. The quantitative estimate of drug-likeness (QED) is 0.432. The molecule has 0 rings (SSSR count). The van der Waals surface area contributed by atoms with Crippen molar-refractivity contribution < 1.29 is 0 Å². The fourth-order valence-electron chi connectivity index (χ4n) is 0.470. The van der Waals surface area contributed by atoms with E-state index in [1.54, 1.807) is 18.4 Å². The van der Waals surface area contributed by atoms with Crippen molar-refractivity contribution in [2.24, 2.45) is 9.98 Å². The minimum atomic E-state index is 0.692. The highest BCUT2D eigenvalue weighted by atomic mass is 14.8. The van der Waals surface area contributed by atoms with Gasteiger partial charge in [-0.15, -0.1) is 0 Å². The first kappa shape index (κ1) is 9.56. The van der Waals surface area contributed by atoms with E-state index in [0.29, 0.717) is 5.70 Å². The predicted molar refractivity (Wildman–Crippen MR) is 51.1 cm³/mol. The highest BCUT2D eigenvalue weighted by Crippen LogP contribution is 1.98. The zero-order valence-electron chi connectivity index (χ0n) is 6.75. The van der Waals surface area contributed by atoms with E-state index in [4.69, 9.17) is 0 Å². The molecule has 0 fully saturated rings. The summed E-state index contributed by atoms with van der Waals surface area (Å²) in [5.74, 6) is 0. The van der Waals surface area contributed by atoms with Crippen LogP contribution in [0.4, 0.5) is 0 Å². The summed E-state index contributed by atoms with van der Waals surface area (Å²) in [5.41, 5.74) is 1.53. The SMILES string of the molecule is C=CC(C)=N/C(C=C)=C\N=C. The first-order chi connectivity index (χ1) is 5.24. The summed E-state index contributed by atoms with van der Waals surface area (Å²) < 4.78 is 0. The summed E-state index contributed by atoms with van der Waals surface area (Å²) in [7, 11) is 0. The Morgan fingerprint density at radius 3 is 2.27 bits per heavy atom. The molecule has 0 bridgehead atoms. The molecule has 0 saturated heterocycles. The van der Waals surface area contributed by atoms with Crippen LogP contribution in [0, 0.1) is 0 Å². The van der Waals surface area contributed by atoms with E-state index in [1.165, 1.54) is 0 Å². The van der Waals surface area contributed by atoms with E-state index in [1.807, 2.05) is 6.92 Å². The molecule has 0 heterocycles. The Balaban J connectivity index is 4.53. The van der Waals surface area contributed by atoms with Crippen LogP contribution in [-0.4, -0.2) is 12.4 Å². The van der Waals surface area contributed by atoms with Gasteiger partial charge in [0.2, 0.25) is 0 Å². The largest absolute Gasteiger partial charge is 0.270 e. The lowest BCUT2D eigenvalue weighted by molar-refractivity contribution is 1.36. The number of allylic oxidation sites excluding steroid dienone is 2. The average molecular weight is 148 g/mol. The molecule has 0 radical (unpaired) electrons. The molecular formula is C9H12N2. The third-order valence-electron chi connectivity index (χ3n) is 1.03. The molecule has 0 saturated carbocycles. The fourth-order valence-corrected chi connectivity index (χ4v) is 0.470. The van der Waals surface area contributed by atoms with Gasteiger partial charge in [-0.05, 0) is 25.8 Å². The van der Waals surface area contributed by atoms with Gasteiger partial charge in [0, 0.05) is 5.71 Å². The van der Waals surface area contributed by atoms with Crippen molar-refractivity contribution in [3.63, 3.8) is 0 Å². The van der Waals surface area contributed by atoms with Gasteiger partial charge in [0.25, 0.3) is 0 Å². The minimum absolute atomic E-state index is 0.692. The Bertz CT molecular complexity index is 222. The van der Waals surface area contributed by atoms with Crippen LogP contribution in [-0.2, 0) is 0 Å². The third-order valence-corrected chi connectivity index (χ3v) is 1.03. The molecule has 2 nitrogen and oxygen atoms in total. The van der Waals surface area contributed by atoms with Crippen LogP contribution in [0.3, 0.4) is 0 Å². The first-order valence-electron chi connectivity index (χ1n) is 3.20. The monoisotopic (exact) mass is 148 g/mol. The molecule has 0 N–H and O–H groups in total. The van der Waals surface area contributed by atoms with Gasteiger partial charge in [-0.2, -0.15) is 0 Å². The number of rotatable bonds is 4. The van der Waals surface area contributed by atoms with Crippen LogP contribution >= 0.6 is 0 Å². The summed E-state index contributed by atoms with van der Waals surface area (Å²) in [6.07, 6.45) is 4.82. The second-order valence-corrected chi connectivity index (χ2v) is 1.90. The fraction of sp³-hybridized carbons (Fsp3) is 0.111. The van der Waals surface area contributed by atoms with E-state index < -0.39 is 0 Å². The highest BCUT2D eigenvalue weighted by Gasteiger charge is 1.85. The zero-order valence-corrected chi connectivity index (χ0v) is 6.75. The van der Waals surface area contributed by atoms with Crippen LogP contribution in [0.5, 0.6) is 0 Å². The molecule has 2 heteroatoms. The topological polar surface area (TPSA) is 24.7 Å². The van der Waals surface area contributed by atoms with Crippen molar-refractivity contribution in [2.75, 3.05) is 0 Å². The highest BCUT2D eigenvalue weighted by molar-refractivity contribution is 5.93. The van der Waals surface area contributed by atoms with Gasteiger partial charge in [0.15, 0.2) is 0 Å². The lowest BCUT2D eigenvalue weighted by atomic mass is 10.4. The smallest absolute Gasteiger partial charge is 0.0809 e. The Morgan fingerprint density at radius 2 is 1.91 bits per heavy atom. The molecule has 0 aliphatic carbocycles. The van der Waals surface area contributed by atoms with Gasteiger partial charge in [-0.1, -0.05) is 13.2 Å². The molecule has 0 aromatic carbocycles. The molecule has 0 unspecified atom stereocenters. The van der Waals surface area contributed by atoms with Crippen LogP contribution in [0.15, 0.2) is 47.2 Å². The van der Waals surface area contributed by atoms with Crippen molar-refractivity contribution in [3.05, 3.63) is 37.2 Å². The van der Waals surface area contributed by atoms with Crippen LogP contribution < -0.4 is 0 Å². The Labute approximate surface area is 67.4 Å². The Kier molecular flexibility index (Phi) is 4.65. The van der Waals surface area contributed by atoms with E-state index in [0.717, 1.165) is 5.71 Å². The van der Waals surface area contributed by atoms with Crippen LogP contribution in [0.1, 0.15) is 6.92 Å². The second kappa shape index (κ2) is 5.35. The van der Waals surface area contributed by atoms with E-state index in [-0.39, 0.29) is 0 Å². The molecule has 58 valence electrons. The number of hydrogen-bond acceptors (Lipinski definition) is 2. The predicted octanol–water partition coefficient (Wildman–Crippen LogP) is 2.36. The molecule has 0 aliphatic rings. The van der Waals surface area contributed by atoms with Crippen LogP contribution in [0.2, 0.25) is 0 Å². The molecular weight excluding hydrogens is 136 g/mol. The first-order valence-corrected chi connectivity index (χ1v) is 3.20.